The van der Waals surface area contributed by atoms with Crippen molar-refractivity contribution in [3.05, 3.63) is 0 Å². The average Bonchev–Trinajstić information content (AvgIpc) is 3.30. The molecule has 1 atom stereocenters. The van der Waals surface area contributed by atoms with E-state index in [1.807, 2.05) is 0 Å². The molecule has 6 heteroatoms. The lowest BCUT2D eigenvalue weighted by atomic mass is 10.0. The van der Waals surface area contributed by atoms with E-state index in [-0.39, 0.29) is 0 Å². The summed E-state index contributed by atoms with van der Waals surface area (Å²) in [5.74, 6) is 0. The first-order valence-corrected chi connectivity index (χ1v) is 32.0. The Bertz CT molecular complexity index is 764. The molecule has 0 aliphatic carbocycles. The smallest absolute Gasteiger partial charge is 0.324 e. The number of hydrogen-bond acceptors (Lipinski definition) is 3. The zero-order valence-corrected chi connectivity index (χ0v) is 47.0. The molecule has 0 rings (SSSR count). The van der Waals surface area contributed by atoms with E-state index >= 15 is 0 Å². The normalized spacial score (nSPS) is 11.9. The van der Waals surface area contributed by atoms with E-state index in [0.717, 1.165) is 25.9 Å². The lowest BCUT2D eigenvalue weighted by molar-refractivity contribution is 0.355. The highest BCUT2D eigenvalue weighted by Crippen LogP contribution is 2.43. The van der Waals surface area contributed by atoms with Gasteiger partial charge in [0.05, 0.1) is 5.66 Å². The quantitative estimate of drug-likeness (QED) is 0.0361. The molecule has 0 saturated carbocycles. The molecule has 0 heterocycles. The van der Waals surface area contributed by atoms with Gasteiger partial charge in [-0.3, -0.25) is 4.57 Å². The van der Waals surface area contributed by atoms with Crippen LogP contribution in [0.25, 0.3) is 0 Å². The predicted molar refractivity (Wildman–Crippen MR) is 297 cm³/mol. The van der Waals surface area contributed by atoms with Crippen molar-refractivity contribution >= 4 is 7.60 Å². The Morgan fingerprint density at radius 3 is 0.631 bits per heavy atom. The van der Waals surface area contributed by atoms with Crippen LogP contribution in [0.15, 0.2) is 0 Å². The summed E-state index contributed by atoms with van der Waals surface area (Å²) in [7, 11) is -3.84. The van der Waals surface area contributed by atoms with Crippen molar-refractivity contribution in [2.75, 3.05) is 26.2 Å². The van der Waals surface area contributed by atoms with Crippen LogP contribution < -0.4 is 10.6 Å². The van der Waals surface area contributed by atoms with Crippen LogP contribution in [0.1, 0.15) is 350 Å². The number of unbranched alkanes of at least 4 members (excludes halogenated alkanes) is 44. The third kappa shape index (κ3) is 70.7. The minimum absolute atomic E-state index is 0.468. The molecule has 0 bridgehead atoms. The molecule has 396 valence electrons. The van der Waals surface area contributed by atoms with Gasteiger partial charge in [-0.2, -0.15) is 0 Å². The molecular weight excluding hydrogens is 816 g/mol. The number of rotatable bonds is 53. The molecule has 0 aliphatic rings. The molecule has 1 unspecified atom stereocenters. The maximum Gasteiger partial charge on any atom is 0.328 e. The Morgan fingerprint density at radius 1 is 0.292 bits per heavy atom. The van der Waals surface area contributed by atoms with Crippen molar-refractivity contribution in [1.29, 1.82) is 0 Å². The summed E-state index contributed by atoms with van der Waals surface area (Å²) < 4.78 is 11.0. The summed E-state index contributed by atoms with van der Waals surface area (Å²) in [6.07, 6.45) is 67.1. The summed E-state index contributed by atoms with van der Waals surface area (Å²) in [6, 6.07) is 0. The van der Waals surface area contributed by atoms with E-state index < -0.39 is 13.3 Å². The van der Waals surface area contributed by atoms with Gasteiger partial charge >= 0.3 is 7.60 Å². The molecule has 0 spiro atoms. The first-order valence-electron chi connectivity index (χ1n) is 30.3. The molecule has 0 saturated heterocycles. The number of hydrogen-bond donors (Lipinski definition) is 4. The minimum atomic E-state index is -3.84. The second kappa shape index (κ2) is 64.1. The fraction of sp³-hybridized carbons (Fsp3) is 1.00. The van der Waals surface area contributed by atoms with Gasteiger partial charge in [0.2, 0.25) is 0 Å². The van der Waals surface area contributed by atoms with Gasteiger partial charge in [0.25, 0.3) is 0 Å². The second-order valence-corrected chi connectivity index (χ2v) is 22.5. The van der Waals surface area contributed by atoms with Crippen LogP contribution in [-0.2, 0) is 4.57 Å². The van der Waals surface area contributed by atoms with Crippen molar-refractivity contribution in [1.82, 2.24) is 10.6 Å². The largest absolute Gasteiger partial charge is 0.328 e. The first kappa shape index (κ1) is 69.3. The molecule has 4 N–H and O–H groups in total. The van der Waals surface area contributed by atoms with Gasteiger partial charge < -0.3 is 20.4 Å². The Kier molecular flexibility index (Phi) is 68.3. The van der Waals surface area contributed by atoms with Crippen LogP contribution in [-0.4, -0.2) is 41.6 Å². The van der Waals surface area contributed by atoms with Gasteiger partial charge in [0.1, 0.15) is 0 Å². The Labute approximate surface area is 412 Å². The van der Waals surface area contributed by atoms with Gasteiger partial charge in [-0.05, 0) is 45.4 Å². The standard InChI is InChI=1S/2C20H43N.C19H41O3P/c2*1-3-5-6-7-8-9-10-11-12-13-14-15-16-17-18-19-20-21-4-2;1-3-4-5-6-7-8-9-10-11-12-13-14-15-16-17-18-19(2)23(20,21)22/h2*21H,3-20H2,1-2H3;19H,3-18H2,1-2H3,(H2,20,21,22). The summed E-state index contributed by atoms with van der Waals surface area (Å²) in [5, 5.41) is 6.80. The highest BCUT2D eigenvalue weighted by Gasteiger charge is 2.22. The van der Waals surface area contributed by atoms with E-state index in [2.05, 4.69) is 45.3 Å². The van der Waals surface area contributed by atoms with Gasteiger partial charge in [-0.15, -0.1) is 0 Å². The van der Waals surface area contributed by atoms with Crippen molar-refractivity contribution in [3.63, 3.8) is 0 Å². The van der Waals surface area contributed by atoms with E-state index in [1.165, 1.54) is 302 Å². The molecule has 0 aromatic heterocycles. The highest BCUT2D eigenvalue weighted by molar-refractivity contribution is 7.52. The van der Waals surface area contributed by atoms with Gasteiger partial charge in [0.15, 0.2) is 0 Å². The highest BCUT2D eigenvalue weighted by atomic mass is 31.2. The van der Waals surface area contributed by atoms with Gasteiger partial charge in [0, 0.05) is 0 Å². The third-order valence-corrected chi connectivity index (χ3v) is 15.1. The minimum Gasteiger partial charge on any atom is -0.324 e. The monoisotopic (exact) mass is 943 g/mol. The van der Waals surface area contributed by atoms with E-state index in [1.54, 1.807) is 6.92 Å². The molecule has 5 nitrogen and oxygen atoms in total. The molecule has 65 heavy (non-hydrogen) atoms. The average molecular weight is 944 g/mol. The van der Waals surface area contributed by atoms with Crippen LogP contribution in [0, 0.1) is 0 Å². The third-order valence-electron chi connectivity index (χ3n) is 13.7. The first-order chi connectivity index (χ1) is 31.8. The van der Waals surface area contributed by atoms with Crippen molar-refractivity contribution in [3.8, 4) is 0 Å². The molecule has 0 aromatic rings. The topological polar surface area (TPSA) is 81.6 Å². The van der Waals surface area contributed by atoms with Gasteiger partial charge in [-0.1, -0.05) is 330 Å². The van der Waals surface area contributed by atoms with Crippen LogP contribution in [0.4, 0.5) is 0 Å². The molecule has 0 fully saturated rings. The summed E-state index contributed by atoms with van der Waals surface area (Å²) >= 11 is 0. The Hall–Kier alpha value is 0.0700. The zero-order valence-electron chi connectivity index (χ0n) is 46.1. The molecule has 0 aliphatic heterocycles. The van der Waals surface area contributed by atoms with Crippen molar-refractivity contribution < 1.29 is 14.4 Å². The molecule has 0 aromatic carbocycles. The van der Waals surface area contributed by atoms with Crippen LogP contribution in [0.3, 0.4) is 0 Å². The van der Waals surface area contributed by atoms with Crippen LogP contribution in [0.2, 0.25) is 0 Å². The fourth-order valence-electron chi connectivity index (χ4n) is 8.93. The SMILES string of the molecule is CCCCCCCCCCCCCCCCCC(C)P(=O)(O)O.CCCCCCCCCCCCCCCCCCNCC.CCCCCCCCCCCCCCCCCCNCC. The van der Waals surface area contributed by atoms with Crippen molar-refractivity contribution in [2.24, 2.45) is 0 Å². The van der Waals surface area contributed by atoms with E-state index in [0.29, 0.717) is 6.42 Å². The number of nitrogens with one attached hydrogen (secondary N) is 2. The zero-order chi connectivity index (χ0) is 48.3. The van der Waals surface area contributed by atoms with Crippen molar-refractivity contribution in [2.45, 2.75) is 355 Å². The molecule has 0 radical (unpaired) electrons. The molecular formula is C59H127N2O3P. The predicted octanol–water partition coefficient (Wildman–Crippen LogP) is 20.5. The van der Waals surface area contributed by atoms with E-state index in [4.69, 9.17) is 9.79 Å². The Morgan fingerprint density at radius 2 is 0.462 bits per heavy atom. The van der Waals surface area contributed by atoms with Crippen LogP contribution in [0.5, 0.6) is 0 Å². The maximum absolute atomic E-state index is 11.0. The lowest BCUT2D eigenvalue weighted by Gasteiger charge is -2.12. The molecule has 0 amide bonds. The summed E-state index contributed by atoms with van der Waals surface area (Å²) in [4.78, 5) is 18.0. The van der Waals surface area contributed by atoms with E-state index in [9.17, 15) is 4.57 Å². The fourth-order valence-corrected chi connectivity index (χ4v) is 9.45. The second-order valence-electron chi connectivity index (χ2n) is 20.5. The summed E-state index contributed by atoms with van der Waals surface area (Å²) in [5.41, 5.74) is -0.468. The van der Waals surface area contributed by atoms with Gasteiger partial charge in [-0.25, -0.2) is 0 Å². The Balaban J connectivity index is -0.000000888. The lowest BCUT2D eigenvalue weighted by Crippen LogP contribution is -2.13. The summed E-state index contributed by atoms with van der Waals surface area (Å²) in [6.45, 7) is 17.6. The maximum atomic E-state index is 11.0. The van der Waals surface area contributed by atoms with Crippen LogP contribution >= 0.6 is 7.60 Å².